The first-order valence-electron chi connectivity index (χ1n) is 5.62. The lowest BCUT2D eigenvalue weighted by Gasteiger charge is -2.40. The van der Waals surface area contributed by atoms with Crippen LogP contribution in [0.3, 0.4) is 0 Å². The van der Waals surface area contributed by atoms with Gasteiger partial charge in [0.1, 0.15) is 18.0 Å². The van der Waals surface area contributed by atoms with Crippen molar-refractivity contribution >= 4 is 21.6 Å². The third kappa shape index (κ3) is 2.35. The molecule has 6 heteroatoms. The standard InChI is InChI=1S/C12H14BrNO4/c1-7-9(14(15)16)4-3-5-10(7)18-11-6-8(13)12(11)17-2/h3-5,8,11-12H,6H2,1-2H3. The third-order valence-corrected chi connectivity index (χ3v) is 4.08. The zero-order valence-corrected chi connectivity index (χ0v) is 11.7. The lowest BCUT2D eigenvalue weighted by Crippen LogP contribution is -2.51. The topological polar surface area (TPSA) is 61.6 Å². The summed E-state index contributed by atoms with van der Waals surface area (Å²) in [5.41, 5.74) is 0.631. The third-order valence-electron chi connectivity index (χ3n) is 3.18. The second kappa shape index (κ2) is 5.24. The summed E-state index contributed by atoms with van der Waals surface area (Å²) >= 11 is 3.48. The molecule has 1 aromatic carbocycles. The van der Waals surface area contributed by atoms with Crippen LogP contribution in [-0.4, -0.2) is 29.1 Å². The maximum atomic E-state index is 10.8. The van der Waals surface area contributed by atoms with Gasteiger partial charge in [0.25, 0.3) is 5.69 Å². The van der Waals surface area contributed by atoms with Crippen molar-refractivity contribution < 1.29 is 14.4 Å². The lowest BCUT2D eigenvalue weighted by atomic mass is 9.91. The van der Waals surface area contributed by atoms with Gasteiger partial charge in [-0.2, -0.15) is 0 Å². The van der Waals surface area contributed by atoms with Crippen molar-refractivity contribution in [1.82, 2.24) is 0 Å². The Bertz CT molecular complexity index is 465. The number of nitro benzene ring substituents is 1. The second-order valence-electron chi connectivity index (χ2n) is 4.27. The number of methoxy groups -OCH3 is 1. The van der Waals surface area contributed by atoms with Gasteiger partial charge >= 0.3 is 0 Å². The molecule has 0 aromatic heterocycles. The highest BCUT2D eigenvalue weighted by molar-refractivity contribution is 9.09. The molecular formula is C12H14BrNO4. The molecule has 1 aliphatic rings. The monoisotopic (exact) mass is 315 g/mol. The zero-order valence-electron chi connectivity index (χ0n) is 10.1. The van der Waals surface area contributed by atoms with Gasteiger partial charge in [-0.25, -0.2) is 0 Å². The van der Waals surface area contributed by atoms with Gasteiger partial charge in [0.2, 0.25) is 0 Å². The Hall–Kier alpha value is -1.14. The molecule has 5 nitrogen and oxygen atoms in total. The Kier molecular flexibility index (Phi) is 3.87. The second-order valence-corrected chi connectivity index (χ2v) is 5.44. The normalized spacial score (nSPS) is 26.5. The molecule has 1 fully saturated rings. The molecule has 18 heavy (non-hydrogen) atoms. The van der Waals surface area contributed by atoms with E-state index >= 15 is 0 Å². The van der Waals surface area contributed by atoms with E-state index in [2.05, 4.69) is 15.9 Å². The summed E-state index contributed by atoms with van der Waals surface area (Å²) in [4.78, 5) is 10.7. The van der Waals surface area contributed by atoms with E-state index in [4.69, 9.17) is 9.47 Å². The summed E-state index contributed by atoms with van der Waals surface area (Å²) < 4.78 is 11.1. The van der Waals surface area contributed by atoms with E-state index in [1.807, 2.05) is 0 Å². The highest BCUT2D eigenvalue weighted by Gasteiger charge is 2.42. The molecule has 0 aliphatic heterocycles. The Morgan fingerprint density at radius 1 is 1.50 bits per heavy atom. The summed E-state index contributed by atoms with van der Waals surface area (Å²) in [7, 11) is 1.63. The zero-order chi connectivity index (χ0) is 13.3. The molecule has 0 saturated heterocycles. The summed E-state index contributed by atoms with van der Waals surface area (Å²) in [6.07, 6.45) is 0.768. The molecule has 3 atom stereocenters. The van der Waals surface area contributed by atoms with Crippen molar-refractivity contribution in [3.8, 4) is 5.75 Å². The number of alkyl halides is 1. The summed E-state index contributed by atoms with van der Waals surface area (Å²) in [5, 5.41) is 10.8. The number of halogens is 1. The SMILES string of the molecule is COC1C(Br)CC1Oc1cccc([N+](=O)[O-])c1C. The quantitative estimate of drug-likeness (QED) is 0.487. The number of rotatable bonds is 4. The average molecular weight is 316 g/mol. The van der Waals surface area contributed by atoms with Crippen molar-refractivity contribution in [3.63, 3.8) is 0 Å². The molecule has 1 aliphatic carbocycles. The molecular weight excluding hydrogens is 302 g/mol. The van der Waals surface area contributed by atoms with Gasteiger partial charge in [-0.15, -0.1) is 0 Å². The minimum absolute atomic E-state index is 0.0105. The maximum Gasteiger partial charge on any atom is 0.276 e. The predicted octanol–water partition coefficient (Wildman–Crippen LogP) is 2.83. The van der Waals surface area contributed by atoms with E-state index in [-0.39, 0.29) is 22.7 Å². The van der Waals surface area contributed by atoms with Crippen molar-refractivity contribution in [2.24, 2.45) is 0 Å². The number of nitrogens with zero attached hydrogens (tertiary/aromatic N) is 1. The minimum Gasteiger partial charge on any atom is -0.487 e. The van der Waals surface area contributed by atoms with E-state index in [0.29, 0.717) is 11.3 Å². The minimum atomic E-state index is -0.399. The number of ether oxygens (including phenoxy) is 2. The van der Waals surface area contributed by atoms with Crippen molar-refractivity contribution in [2.45, 2.75) is 30.4 Å². The van der Waals surface area contributed by atoms with Crippen LogP contribution in [0.25, 0.3) is 0 Å². The first-order chi connectivity index (χ1) is 8.54. The molecule has 2 rings (SSSR count). The van der Waals surface area contributed by atoms with Crippen LogP contribution in [0, 0.1) is 17.0 Å². The van der Waals surface area contributed by atoms with Crippen LogP contribution >= 0.6 is 15.9 Å². The molecule has 0 spiro atoms. The fourth-order valence-corrected chi connectivity index (χ4v) is 2.96. The molecule has 3 unspecified atom stereocenters. The fraction of sp³-hybridized carbons (Fsp3) is 0.500. The van der Waals surface area contributed by atoms with Gasteiger partial charge < -0.3 is 9.47 Å². The number of benzene rings is 1. The van der Waals surface area contributed by atoms with Crippen LogP contribution in [0.1, 0.15) is 12.0 Å². The predicted molar refractivity (Wildman–Crippen MR) is 70.4 cm³/mol. The van der Waals surface area contributed by atoms with E-state index in [1.165, 1.54) is 6.07 Å². The van der Waals surface area contributed by atoms with Crippen molar-refractivity contribution in [2.75, 3.05) is 7.11 Å². The maximum absolute atomic E-state index is 10.8. The fourth-order valence-electron chi connectivity index (χ4n) is 2.03. The van der Waals surface area contributed by atoms with Gasteiger partial charge in [0, 0.05) is 24.4 Å². The summed E-state index contributed by atoms with van der Waals surface area (Å²) in [6, 6.07) is 4.85. The van der Waals surface area contributed by atoms with Gasteiger partial charge in [-0.3, -0.25) is 10.1 Å². The molecule has 1 aromatic rings. The van der Waals surface area contributed by atoms with Crippen LogP contribution in [0.15, 0.2) is 18.2 Å². The summed E-state index contributed by atoms with van der Waals surface area (Å²) in [5.74, 6) is 0.552. The van der Waals surface area contributed by atoms with Crippen LogP contribution < -0.4 is 4.74 Å². The molecule has 0 bridgehead atoms. The van der Waals surface area contributed by atoms with E-state index < -0.39 is 4.92 Å². The molecule has 0 amide bonds. The largest absolute Gasteiger partial charge is 0.487 e. The van der Waals surface area contributed by atoms with E-state index in [9.17, 15) is 10.1 Å². The molecule has 0 heterocycles. The van der Waals surface area contributed by atoms with Gasteiger partial charge in [-0.1, -0.05) is 22.0 Å². The molecule has 0 N–H and O–H groups in total. The van der Waals surface area contributed by atoms with Crippen molar-refractivity contribution in [1.29, 1.82) is 0 Å². The lowest BCUT2D eigenvalue weighted by molar-refractivity contribution is -0.385. The van der Waals surface area contributed by atoms with E-state index in [1.54, 1.807) is 26.2 Å². The van der Waals surface area contributed by atoms with Gasteiger partial charge in [0.15, 0.2) is 0 Å². The molecule has 1 saturated carbocycles. The van der Waals surface area contributed by atoms with Gasteiger partial charge in [-0.05, 0) is 13.0 Å². The van der Waals surface area contributed by atoms with Crippen molar-refractivity contribution in [3.05, 3.63) is 33.9 Å². The van der Waals surface area contributed by atoms with Crippen LogP contribution in [0.4, 0.5) is 5.69 Å². The smallest absolute Gasteiger partial charge is 0.276 e. The van der Waals surface area contributed by atoms with Crippen LogP contribution in [-0.2, 0) is 4.74 Å². The van der Waals surface area contributed by atoms with Gasteiger partial charge in [0.05, 0.1) is 10.5 Å². The Morgan fingerprint density at radius 3 is 2.78 bits per heavy atom. The number of hydrogen-bond acceptors (Lipinski definition) is 4. The Labute approximate surface area is 113 Å². The number of nitro groups is 1. The Morgan fingerprint density at radius 2 is 2.22 bits per heavy atom. The first-order valence-corrected chi connectivity index (χ1v) is 6.53. The molecule has 0 radical (unpaired) electrons. The first kappa shape index (κ1) is 13.3. The highest BCUT2D eigenvalue weighted by atomic mass is 79.9. The van der Waals surface area contributed by atoms with Crippen LogP contribution in [0.5, 0.6) is 5.75 Å². The summed E-state index contributed by atoms with van der Waals surface area (Å²) in [6.45, 7) is 1.69. The average Bonchev–Trinajstić information content (AvgIpc) is 2.30. The molecule has 98 valence electrons. The Balaban J connectivity index is 2.15. The van der Waals surface area contributed by atoms with E-state index in [0.717, 1.165) is 6.42 Å². The number of hydrogen-bond donors (Lipinski definition) is 0. The highest BCUT2D eigenvalue weighted by Crippen LogP contribution is 2.36. The van der Waals surface area contributed by atoms with Crippen LogP contribution in [0.2, 0.25) is 0 Å².